The van der Waals surface area contributed by atoms with Crippen LogP contribution in [0.3, 0.4) is 0 Å². The number of amides is 1. The second kappa shape index (κ2) is 7.40. The Labute approximate surface area is 173 Å². The minimum atomic E-state index is -4.58. The topological polar surface area (TPSA) is 72.7 Å². The first-order chi connectivity index (χ1) is 14.5. The van der Waals surface area contributed by atoms with Crippen LogP contribution in [0.2, 0.25) is 0 Å². The van der Waals surface area contributed by atoms with Crippen molar-refractivity contribution in [1.29, 1.82) is 0 Å². The van der Waals surface area contributed by atoms with Crippen LogP contribution in [0.5, 0.6) is 0 Å². The highest BCUT2D eigenvalue weighted by Gasteiger charge is 2.33. The Morgan fingerprint density at radius 2 is 1.77 bits per heavy atom. The number of aromatic nitrogens is 4. The van der Waals surface area contributed by atoms with Crippen LogP contribution in [0.4, 0.5) is 22.0 Å². The minimum absolute atomic E-state index is 0.0358. The van der Waals surface area contributed by atoms with E-state index < -0.39 is 35.4 Å². The molecule has 162 valence electrons. The molecule has 6 nitrogen and oxygen atoms in total. The fourth-order valence-electron chi connectivity index (χ4n) is 3.38. The molecule has 0 spiro atoms. The van der Waals surface area contributed by atoms with Crippen LogP contribution in [-0.4, -0.2) is 25.7 Å². The van der Waals surface area contributed by atoms with Gasteiger partial charge in [0.1, 0.15) is 11.4 Å². The zero-order chi connectivity index (χ0) is 22.4. The number of rotatable bonds is 4. The summed E-state index contributed by atoms with van der Waals surface area (Å²) in [4.78, 5) is 19.5. The van der Waals surface area contributed by atoms with Crippen molar-refractivity contribution in [3.8, 4) is 11.3 Å². The smallest absolute Gasteiger partial charge is 0.344 e. The molecule has 0 fully saturated rings. The van der Waals surface area contributed by atoms with Gasteiger partial charge in [0.2, 0.25) is 0 Å². The number of carbonyl (C=O) groups is 1. The van der Waals surface area contributed by atoms with Gasteiger partial charge in [0.05, 0.1) is 17.4 Å². The molecule has 3 aromatic rings. The van der Waals surface area contributed by atoms with E-state index in [2.05, 4.69) is 20.4 Å². The Bertz CT molecular complexity index is 1140. The number of hydrogen-bond donors (Lipinski definition) is 1. The van der Waals surface area contributed by atoms with Crippen molar-refractivity contribution in [3.05, 3.63) is 65.4 Å². The van der Waals surface area contributed by atoms with Gasteiger partial charge in [-0.25, -0.2) is 0 Å². The van der Waals surface area contributed by atoms with Crippen molar-refractivity contribution in [2.45, 2.75) is 38.0 Å². The highest BCUT2D eigenvalue weighted by Crippen LogP contribution is 2.33. The quantitative estimate of drug-likeness (QED) is 0.617. The molecule has 31 heavy (non-hydrogen) atoms. The molecule has 1 atom stereocenters. The van der Waals surface area contributed by atoms with Gasteiger partial charge in [-0.1, -0.05) is 0 Å². The molecule has 0 aromatic carbocycles. The largest absolute Gasteiger partial charge is 0.433 e. The molecule has 1 N–H and O–H groups in total. The number of nitrogens with one attached hydrogen (secondary N) is 1. The first-order valence-corrected chi connectivity index (χ1v) is 9.29. The van der Waals surface area contributed by atoms with Gasteiger partial charge in [-0.2, -0.15) is 27.1 Å². The number of carbonyl (C=O) groups excluding carboxylic acids is 1. The van der Waals surface area contributed by atoms with Crippen LogP contribution >= 0.6 is 0 Å². The van der Waals surface area contributed by atoms with Crippen molar-refractivity contribution in [1.82, 2.24) is 25.1 Å². The summed E-state index contributed by atoms with van der Waals surface area (Å²) in [6, 6.07) is 5.84. The van der Waals surface area contributed by atoms with Gasteiger partial charge in [0.15, 0.2) is 0 Å². The van der Waals surface area contributed by atoms with E-state index in [0.717, 1.165) is 24.5 Å². The third-order valence-electron chi connectivity index (χ3n) is 4.92. The molecule has 0 aliphatic carbocycles. The summed E-state index contributed by atoms with van der Waals surface area (Å²) in [6.07, 6.45) is -1.86. The molecular weight excluding hydrogens is 421 g/mol. The maximum atomic E-state index is 13.5. The minimum Gasteiger partial charge on any atom is -0.344 e. The summed E-state index contributed by atoms with van der Waals surface area (Å²) >= 11 is 0. The summed E-state index contributed by atoms with van der Waals surface area (Å²) in [5.74, 6) is -3.74. The predicted molar refractivity (Wildman–Crippen MR) is 99.1 cm³/mol. The van der Waals surface area contributed by atoms with Crippen molar-refractivity contribution in [2.75, 3.05) is 0 Å². The molecule has 4 rings (SSSR count). The molecule has 11 heteroatoms. The van der Waals surface area contributed by atoms with Crippen molar-refractivity contribution in [2.24, 2.45) is 0 Å². The zero-order valence-electron chi connectivity index (χ0n) is 16.1. The lowest BCUT2D eigenvalue weighted by atomic mass is 10.1. The maximum absolute atomic E-state index is 13.5. The van der Waals surface area contributed by atoms with Crippen LogP contribution < -0.4 is 5.32 Å². The second-order valence-corrected chi connectivity index (χ2v) is 7.24. The average molecular weight is 437 g/mol. The van der Waals surface area contributed by atoms with Crippen LogP contribution in [0.25, 0.3) is 11.3 Å². The Balaban J connectivity index is 1.55. The number of alkyl halides is 5. The van der Waals surface area contributed by atoms with E-state index in [4.69, 9.17) is 0 Å². The van der Waals surface area contributed by atoms with Gasteiger partial charge in [0, 0.05) is 37.0 Å². The third kappa shape index (κ3) is 4.25. The maximum Gasteiger partial charge on any atom is 0.433 e. The van der Waals surface area contributed by atoms with Crippen LogP contribution in [0, 0.1) is 0 Å². The third-order valence-corrected chi connectivity index (χ3v) is 4.92. The highest BCUT2D eigenvalue weighted by atomic mass is 19.4. The lowest BCUT2D eigenvalue weighted by Crippen LogP contribution is -2.27. The molecule has 0 radical (unpaired) electrons. The van der Waals surface area contributed by atoms with Crippen molar-refractivity contribution >= 4 is 5.91 Å². The Morgan fingerprint density at radius 3 is 2.48 bits per heavy atom. The van der Waals surface area contributed by atoms with Gasteiger partial charge < -0.3 is 5.32 Å². The highest BCUT2D eigenvalue weighted by molar-refractivity contribution is 5.94. The Kier molecular flexibility index (Phi) is 4.98. The lowest BCUT2D eigenvalue weighted by molar-refractivity contribution is -0.141. The molecule has 1 unspecified atom stereocenters. The fourth-order valence-corrected chi connectivity index (χ4v) is 3.38. The fraction of sp³-hybridized carbons (Fsp3) is 0.300. The lowest BCUT2D eigenvalue weighted by Gasteiger charge is -2.14. The number of nitrogens with zero attached hydrogens (tertiary/aromatic N) is 4. The first kappa shape index (κ1) is 20.9. The molecule has 1 aliphatic rings. The van der Waals surface area contributed by atoms with E-state index in [-0.39, 0.29) is 11.1 Å². The van der Waals surface area contributed by atoms with E-state index in [1.807, 2.05) is 0 Å². The van der Waals surface area contributed by atoms with Gasteiger partial charge in [0.25, 0.3) is 11.8 Å². The van der Waals surface area contributed by atoms with Crippen LogP contribution in [0.15, 0.2) is 42.7 Å². The van der Waals surface area contributed by atoms with Crippen LogP contribution in [-0.2, 0) is 18.6 Å². The summed E-state index contributed by atoms with van der Waals surface area (Å²) in [5, 5.41) is 7.09. The van der Waals surface area contributed by atoms with E-state index in [9.17, 15) is 26.7 Å². The summed E-state index contributed by atoms with van der Waals surface area (Å²) in [5.41, 5.74) is -0.323. The molecule has 3 aromatic heterocycles. The van der Waals surface area contributed by atoms with Gasteiger partial charge in [-0.05, 0) is 36.8 Å². The van der Waals surface area contributed by atoms with Crippen LogP contribution in [0.1, 0.15) is 46.8 Å². The molecule has 0 saturated carbocycles. The molecule has 1 amide bonds. The normalized spacial score (nSPS) is 16.3. The van der Waals surface area contributed by atoms with Gasteiger partial charge >= 0.3 is 6.18 Å². The molecule has 4 heterocycles. The second-order valence-electron chi connectivity index (χ2n) is 7.24. The predicted octanol–water partition coefficient (Wildman–Crippen LogP) is 4.35. The number of pyridine rings is 2. The Morgan fingerprint density at radius 1 is 1.06 bits per heavy atom. The summed E-state index contributed by atoms with van der Waals surface area (Å²) in [6.45, 7) is 1.14. The average Bonchev–Trinajstić information content (AvgIpc) is 3.29. The van der Waals surface area contributed by atoms with E-state index in [0.29, 0.717) is 31.3 Å². The van der Waals surface area contributed by atoms with Crippen molar-refractivity contribution < 1.29 is 26.7 Å². The monoisotopic (exact) mass is 437 g/mol. The molecule has 0 bridgehead atoms. The van der Waals surface area contributed by atoms with E-state index >= 15 is 0 Å². The number of halogens is 5. The Hall–Kier alpha value is -3.37. The number of hydrogen-bond acceptors (Lipinski definition) is 4. The summed E-state index contributed by atoms with van der Waals surface area (Å²) < 4.78 is 67.4. The standard InChI is InChI=1S/C20H16F5N5O/c1-19(21,22)16-9-12(3-6-26-16)18(31)28-13-4-7-30-15(13)10-14(29-30)11-2-5-27-17(8-11)20(23,24)25/h2-3,5-6,8-10,13H,4,7H2,1H3,(H,28,31). The van der Waals surface area contributed by atoms with Gasteiger partial charge in [-0.15, -0.1) is 0 Å². The summed E-state index contributed by atoms with van der Waals surface area (Å²) in [7, 11) is 0. The molecular formula is C20H16F5N5O. The molecule has 0 saturated heterocycles. The van der Waals surface area contributed by atoms with Crippen molar-refractivity contribution in [3.63, 3.8) is 0 Å². The number of fused-ring (bicyclic) bond motifs is 1. The van der Waals surface area contributed by atoms with E-state index in [1.54, 1.807) is 10.7 Å². The zero-order valence-corrected chi connectivity index (χ0v) is 16.1. The first-order valence-electron chi connectivity index (χ1n) is 9.29. The van der Waals surface area contributed by atoms with E-state index in [1.165, 1.54) is 12.1 Å². The van der Waals surface area contributed by atoms with Gasteiger partial charge in [-0.3, -0.25) is 19.4 Å². The number of aryl methyl sites for hydroxylation is 1. The SMILES string of the molecule is CC(F)(F)c1cc(C(=O)NC2CCn3nc(-c4ccnc(C(F)(F)F)c4)cc32)ccn1. The molecule has 1 aliphatic heterocycles.